The molecule has 7 heteroatoms. The average Bonchev–Trinajstić information content (AvgIpc) is 3.45. The van der Waals surface area contributed by atoms with Gasteiger partial charge in [0.1, 0.15) is 11.5 Å². The van der Waals surface area contributed by atoms with Gasteiger partial charge in [-0.1, -0.05) is 34.1 Å². The monoisotopic (exact) mass is 436 g/mol. The fourth-order valence-electron chi connectivity index (χ4n) is 5.07. The van der Waals surface area contributed by atoms with Crippen molar-refractivity contribution in [2.75, 3.05) is 0 Å². The van der Waals surface area contributed by atoms with Gasteiger partial charge in [-0.3, -0.25) is 4.79 Å². The normalized spacial score (nSPS) is 31.2. The third-order valence-corrected chi connectivity index (χ3v) is 6.71. The number of aromatic hydroxyl groups is 2. The van der Waals surface area contributed by atoms with E-state index in [0.29, 0.717) is 43.1 Å². The van der Waals surface area contributed by atoms with Crippen molar-refractivity contribution in [2.45, 2.75) is 96.4 Å². The van der Waals surface area contributed by atoms with E-state index in [1.54, 1.807) is 6.07 Å². The Kier molecular flexibility index (Phi) is 7.31. The fourth-order valence-corrected chi connectivity index (χ4v) is 5.07. The standard InChI is InChI=1S/C24H36O7/c1-5-7-14(18-11-19(26)24(23(29)30-18)20(6-2)31-24)9-16-10-15(8-13(3)4)21(27)17(12-25)22(16)28/h10,12-14,18-20,23,26-29H,5-9,11H2,1-4H3/t14-,18-,19-,20+,23-,24-/m1/s1. The van der Waals surface area contributed by atoms with Crippen molar-refractivity contribution in [3.63, 3.8) is 0 Å². The van der Waals surface area contributed by atoms with Crippen LogP contribution in [-0.2, 0) is 22.3 Å². The molecule has 2 aliphatic heterocycles. The predicted octanol–water partition coefficient (Wildman–Crippen LogP) is 3.08. The molecule has 7 nitrogen and oxygen atoms in total. The highest BCUT2D eigenvalue weighted by Crippen LogP contribution is 2.50. The molecule has 1 aromatic carbocycles. The van der Waals surface area contributed by atoms with Gasteiger partial charge in [0.25, 0.3) is 0 Å². The highest BCUT2D eigenvalue weighted by molar-refractivity contribution is 5.85. The SMILES string of the molecule is CCC[C@H](Cc1cc(CC(C)C)c(O)c(C=O)c1O)[C@H]1C[C@@H](O)[C@]2(O[C@H]2CC)[C@H](O)O1. The Morgan fingerprint density at radius 3 is 2.29 bits per heavy atom. The summed E-state index contributed by atoms with van der Waals surface area (Å²) < 4.78 is 11.5. The van der Waals surface area contributed by atoms with Gasteiger partial charge in [-0.05, 0) is 54.7 Å². The Labute approximate surface area is 184 Å². The van der Waals surface area contributed by atoms with Crippen molar-refractivity contribution in [1.29, 1.82) is 0 Å². The van der Waals surface area contributed by atoms with Crippen molar-refractivity contribution in [1.82, 2.24) is 0 Å². The number of aliphatic hydroxyl groups is 2. The summed E-state index contributed by atoms with van der Waals surface area (Å²) in [4.78, 5) is 11.6. The molecule has 2 aliphatic rings. The first-order valence-corrected chi connectivity index (χ1v) is 11.4. The Balaban J connectivity index is 1.86. The van der Waals surface area contributed by atoms with Gasteiger partial charge < -0.3 is 29.9 Å². The second-order valence-electron chi connectivity index (χ2n) is 9.42. The summed E-state index contributed by atoms with van der Waals surface area (Å²) in [5.41, 5.74) is 0.0682. The van der Waals surface area contributed by atoms with Crippen LogP contribution >= 0.6 is 0 Å². The van der Waals surface area contributed by atoms with Gasteiger partial charge in [-0.2, -0.15) is 0 Å². The van der Waals surface area contributed by atoms with Crippen molar-refractivity contribution < 1.29 is 34.7 Å². The number of phenolic OH excluding ortho intramolecular Hbond substituents is 2. The summed E-state index contributed by atoms with van der Waals surface area (Å²) >= 11 is 0. The summed E-state index contributed by atoms with van der Waals surface area (Å²) in [6.45, 7) is 8.02. The van der Waals surface area contributed by atoms with Crippen LogP contribution in [0.2, 0.25) is 0 Å². The van der Waals surface area contributed by atoms with E-state index in [1.807, 2.05) is 27.7 Å². The molecule has 2 saturated heterocycles. The van der Waals surface area contributed by atoms with Crippen LogP contribution in [0.5, 0.6) is 11.5 Å². The minimum atomic E-state index is -1.21. The minimum Gasteiger partial charge on any atom is -0.507 e. The predicted molar refractivity (Wildman–Crippen MR) is 115 cm³/mol. The molecule has 0 bridgehead atoms. The Morgan fingerprint density at radius 2 is 1.81 bits per heavy atom. The second kappa shape index (κ2) is 9.45. The number of rotatable bonds is 9. The number of hydrogen-bond acceptors (Lipinski definition) is 7. The molecule has 3 rings (SSSR count). The van der Waals surface area contributed by atoms with E-state index in [4.69, 9.17) is 9.47 Å². The zero-order valence-electron chi connectivity index (χ0n) is 18.9. The number of aldehydes is 1. The van der Waals surface area contributed by atoms with Gasteiger partial charge in [0.05, 0.1) is 23.9 Å². The third-order valence-electron chi connectivity index (χ3n) is 6.71. The number of benzene rings is 1. The van der Waals surface area contributed by atoms with Crippen molar-refractivity contribution in [3.8, 4) is 11.5 Å². The molecule has 1 spiro atoms. The Bertz CT molecular complexity index is 779. The van der Waals surface area contributed by atoms with Crippen LogP contribution in [0.15, 0.2) is 6.07 Å². The first-order chi connectivity index (χ1) is 14.7. The number of ether oxygens (including phenoxy) is 2. The van der Waals surface area contributed by atoms with Crippen LogP contribution < -0.4 is 0 Å². The van der Waals surface area contributed by atoms with E-state index < -0.39 is 24.1 Å². The van der Waals surface area contributed by atoms with Gasteiger partial charge in [0.2, 0.25) is 0 Å². The summed E-state index contributed by atoms with van der Waals surface area (Å²) in [7, 11) is 0. The maximum absolute atomic E-state index is 11.6. The Hall–Kier alpha value is -1.67. The van der Waals surface area contributed by atoms with Crippen LogP contribution in [0.25, 0.3) is 0 Å². The van der Waals surface area contributed by atoms with Crippen LogP contribution in [0, 0.1) is 11.8 Å². The number of carbonyl (C=O) groups excluding carboxylic acids is 1. The number of carbonyl (C=O) groups is 1. The number of phenols is 2. The van der Waals surface area contributed by atoms with Gasteiger partial charge in [-0.25, -0.2) is 0 Å². The molecule has 174 valence electrons. The van der Waals surface area contributed by atoms with Crippen molar-refractivity contribution in [2.24, 2.45) is 11.8 Å². The maximum atomic E-state index is 11.6. The van der Waals surface area contributed by atoms with E-state index in [9.17, 15) is 25.2 Å². The Morgan fingerprint density at radius 1 is 1.16 bits per heavy atom. The largest absolute Gasteiger partial charge is 0.507 e. The molecule has 0 unspecified atom stereocenters. The third kappa shape index (κ3) is 4.46. The van der Waals surface area contributed by atoms with E-state index in [0.717, 1.165) is 12.8 Å². The minimum absolute atomic E-state index is 0.0904. The quantitative estimate of drug-likeness (QED) is 0.347. The van der Waals surface area contributed by atoms with Gasteiger partial charge in [0.15, 0.2) is 18.2 Å². The van der Waals surface area contributed by atoms with Crippen molar-refractivity contribution >= 4 is 6.29 Å². The molecule has 0 saturated carbocycles. The molecule has 2 heterocycles. The number of aliphatic hydroxyl groups excluding tert-OH is 2. The highest BCUT2D eigenvalue weighted by Gasteiger charge is 2.68. The lowest BCUT2D eigenvalue weighted by Gasteiger charge is -2.39. The zero-order chi connectivity index (χ0) is 22.9. The number of hydrogen-bond donors (Lipinski definition) is 4. The molecule has 2 fully saturated rings. The summed E-state index contributed by atoms with van der Waals surface area (Å²) in [6.07, 6.45) is 1.43. The fraction of sp³-hybridized carbons (Fsp3) is 0.708. The van der Waals surface area contributed by atoms with E-state index in [-0.39, 0.29) is 35.0 Å². The molecular formula is C24H36O7. The molecule has 0 aromatic heterocycles. The number of epoxide rings is 1. The lowest BCUT2D eigenvalue weighted by Crippen LogP contribution is -2.54. The maximum Gasteiger partial charge on any atom is 0.189 e. The molecular weight excluding hydrogens is 400 g/mol. The van der Waals surface area contributed by atoms with Gasteiger partial charge in [0, 0.05) is 6.42 Å². The van der Waals surface area contributed by atoms with Gasteiger partial charge >= 0.3 is 0 Å². The summed E-state index contributed by atoms with van der Waals surface area (Å²) in [6, 6.07) is 1.76. The molecule has 1 aromatic rings. The van der Waals surface area contributed by atoms with Crippen molar-refractivity contribution in [3.05, 3.63) is 22.8 Å². The molecule has 31 heavy (non-hydrogen) atoms. The van der Waals surface area contributed by atoms with Crippen LogP contribution in [0.4, 0.5) is 0 Å². The first-order valence-electron chi connectivity index (χ1n) is 11.4. The summed E-state index contributed by atoms with van der Waals surface area (Å²) in [5.74, 6) is -0.212. The molecule has 4 N–H and O–H groups in total. The average molecular weight is 437 g/mol. The topological polar surface area (TPSA) is 120 Å². The van der Waals surface area contributed by atoms with Crippen LogP contribution in [0.3, 0.4) is 0 Å². The second-order valence-corrected chi connectivity index (χ2v) is 9.42. The lowest BCUT2D eigenvalue weighted by molar-refractivity contribution is -0.242. The van der Waals surface area contributed by atoms with E-state index in [2.05, 4.69) is 0 Å². The van der Waals surface area contributed by atoms with E-state index in [1.165, 1.54) is 0 Å². The molecule has 0 aliphatic carbocycles. The smallest absolute Gasteiger partial charge is 0.189 e. The van der Waals surface area contributed by atoms with Gasteiger partial charge in [-0.15, -0.1) is 0 Å². The zero-order valence-corrected chi connectivity index (χ0v) is 18.9. The molecule has 0 radical (unpaired) electrons. The highest BCUT2D eigenvalue weighted by atomic mass is 16.7. The lowest BCUT2D eigenvalue weighted by atomic mass is 9.80. The molecule has 0 amide bonds. The van der Waals surface area contributed by atoms with Crippen LogP contribution in [0.1, 0.15) is 74.9 Å². The molecule has 6 atom stereocenters. The summed E-state index contributed by atoms with van der Waals surface area (Å²) in [5, 5.41) is 42.4. The van der Waals surface area contributed by atoms with Crippen LogP contribution in [-0.4, -0.2) is 56.9 Å². The first kappa shape index (κ1) is 24.0. The van der Waals surface area contributed by atoms with E-state index >= 15 is 0 Å².